The molecule has 0 saturated carbocycles. The second-order valence-corrected chi connectivity index (χ2v) is 2.73. The number of rotatable bonds is 1. The quantitative estimate of drug-likeness (QED) is 0.815. The summed E-state index contributed by atoms with van der Waals surface area (Å²) in [6, 6.07) is 5.10. The van der Waals surface area contributed by atoms with E-state index in [0.717, 1.165) is 12.1 Å². The SMILES string of the molecule is Cl.N#CC(N)c1cccc(C(F)(F)F)c1. The van der Waals surface area contributed by atoms with E-state index in [1.165, 1.54) is 12.1 Å². The lowest BCUT2D eigenvalue weighted by molar-refractivity contribution is -0.137. The van der Waals surface area contributed by atoms with Gasteiger partial charge in [-0.3, -0.25) is 0 Å². The summed E-state index contributed by atoms with van der Waals surface area (Å²) in [6.45, 7) is 0. The van der Waals surface area contributed by atoms with Crippen molar-refractivity contribution in [3.8, 4) is 6.07 Å². The van der Waals surface area contributed by atoms with Crippen LogP contribution in [0.25, 0.3) is 0 Å². The molecular weight excluding hydrogens is 229 g/mol. The highest BCUT2D eigenvalue weighted by molar-refractivity contribution is 5.85. The van der Waals surface area contributed by atoms with Gasteiger partial charge in [0.15, 0.2) is 0 Å². The van der Waals surface area contributed by atoms with Crippen molar-refractivity contribution in [2.24, 2.45) is 5.73 Å². The first-order valence-corrected chi connectivity index (χ1v) is 3.77. The summed E-state index contributed by atoms with van der Waals surface area (Å²) >= 11 is 0. The molecule has 1 atom stereocenters. The average Bonchev–Trinajstić information content (AvgIpc) is 2.15. The van der Waals surface area contributed by atoms with Crippen molar-refractivity contribution in [1.82, 2.24) is 0 Å². The topological polar surface area (TPSA) is 49.8 Å². The Morgan fingerprint density at radius 1 is 1.33 bits per heavy atom. The van der Waals surface area contributed by atoms with Crippen LogP contribution in [-0.4, -0.2) is 0 Å². The highest BCUT2D eigenvalue weighted by atomic mass is 35.5. The van der Waals surface area contributed by atoms with Crippen molar-refractivity contribution in [2.45, 2.75) is 12.2 Å². The van der Waals surface area contributed by atoms with Gasteiger partial charge in [-0.05, 0) is 17.7 Å². The normalized spacial score (nSPS) is 12.5. The molecule has 0 aliphatic heterocycles. The predicted molar refractivity (Wildman–Crippen MR) is 51.2 cm³/mol. The van der Waals surface area contributed by atoms with Gasteiger partial charge in [-0.2, -0.15) is 18.4 Å². The smallest absolute Gasteiger partial charge is 0.312 e. The lowest BCUT2D eigenvalue weighted by Crippen LogP contribution is -2.10. The van der Waals surface area contributed by atoms with Crippen molar-refractivity contribution < 1.29 is 13.2 Å². The number of nitriles is 1. The first-order chi connectivity index (χ1) is 6.45. The van der Waals surface area contributed by atoms with Crippen LogP contribution in [0.3, 0.4) is 0 Å². The van der Waals surface area contributed by atoms with Gasteiger partial charge in [-0.1, -0.05) is 12.1 Å². The van der Waals surface area contributed by atoms with Crippen LogP contribution >= 0.6 is 12.4 Å². The zero-order valence-corrected chi connectivity index (χ0v) is 8.27. The average molecular weight is 237 g/mol. The van der Waals surface area contributed by atoms with Gasteiger partial charge in [-0.25, -0.2) is 0 Å². The Bertz CT molecular complexity index is 370. The second-order valence-electron chi connectivity index (χ2n) is 2.73. The number of hydrogen-bond donors (Lipinski definition) is 1. The van der Waals surface area contributed by atoms with Crippen molar-refractivity contribution in [2.75, 3.05) is 0 Å². The number of alkyl halides is 3. The van der Waals surface area contributed by atoms with E-state index in [0.29, 0.717) is 0 Å². The Morgan fingerprint density at radius 3 is 2.40 bits per heavy atom. The minimum atomic E-state index is -4.40. The maximum atomic E-state index is 12.2. The molecule has 0 aliphatic rings. The van der Waals surface area contributed by atoms with E-state index in [1.807, 2.05) is 0 Å². The van der Waals surface area contributed by atoms with Gasteiger partial charge in [0.1, 0.15) is 6.04 Å². The Labute approximate surface area is 90.9 Å². The van der Waals surface area contributed by atoms with Crippen molar-refractivity contribution in [3.63, 3.8) is 0 Å². The largest absolute Gasteiger partial charge is 0.416 e. The molecule has 2 nitrogen and oxygen atoms in total. The third-order valence-corrected chi connectivity index (χ3v) is 1.71. The molecule has 1 aromatic rings. The molecule has 0 aliphatic carbocycles. The van der Waals surface area contributed by atoms with Crippen LogP contribution in [0.5, 0.6) is 0 Å². The van der Waals surface area contributed by atoms with E-state index >= 15 is 0 Å². The molecule has 1 aromatic carbocycles. The summed E-state index contributed by atoms with van der Waals surface area (Å²) in [5.74, 6) is 0. The molecule has 0 heterocycles. The van der Waals surface area contributed by atoms with E-state index in [-0.39, 0.29) is 18.0 Å². The molecular formula is C9H8ClF3N2. The van der Waals surface area contributed by atoms with Gasteiger partial charge in [-0.15, -0.1) is 12.4 Å². The fourth-order valence-electron chi connectivity index (χ4n) is 0.983. The maximum Gasteiger partial charge on any atom is 0.416 e. The Hall–Kier alpha value is -1.25. The van der Waals surface area contributed by atoms with Crippen LogP contribution in [0.2, 0.25) is 0 Å². The second kappa shape index (κ2) is 5.01. The van der Waals surface area contributed by atoms with Crippen molar-refractivity contribution >= 4 is 12.4 Å². The monoisotopic (exact) mass is 236 g/mol. The Balaban J connectivity index is 0.00000196. The molecule has 1 rings (SSSR count). The summed E-state index contributed by atoms with van der Waals surface area (Å²) in [6.07, 6.45) is -4.40. The third-order valence-electron chi connectivity index (χ3n) is 1.71. The summed E-state index contributed by atoms with van der Waals surface area (Å²) in [7, 11) is 0. The summed E-state index contributed by atoms with van der Waals surface area (Å²) in [5, 5.41) is 8.43. The first kappa shape index (κ1) is 13.8. The van der Waals surface area contributed by atoms with Crippen LogP contribution in [0.15, 0.2) is 24.3 Å². The van der Waals surface area contributed by atoms with Crippen molar-refractivity contribution in [3.05, 3.63) is 35.4 Å². The van der Waals surface area contributed by atoms with E-state index in [9.17, 15) is 13.2 Å². The lowest BCUT2D eigenvalue weighted by Gasteiger charge is -2.09. The maximum absolute atomic E-state index is 12.2. The molecule has 0 amide bonds. The van der Waals surface area contributed by atoms with Crippen LogP contribution in [0, 0.1) is 11.3 Å². The highest BCUT2D eigenvalue weighted by Gasteiger charge is 2.30. The molecule has 82 valence electrons. The van der Waals surface area contributed by atoms with Gasteiger partial charge >= 0.3 is 6.18 Å². The summed E-state index contributed by atoms with van der Waals surface area (Å²) in [4.78, 5) is 0. The standard InChI is InChI=1S/C9H7F3N2.ClH/c10-9(11,12)7-3-1-2-6(4-7)8(14)5-13;/h1-4,8H,14H2;1H. The molecule has 0 fully saturated rings. The minimum Gasteiger partial charge on any atom is -0.312 e. The molecule has 2 N–H and O–H groups in total. The van der Waals surface area contributed by atoms with Gasteiger partial charge in [0.2, 0.25) is 0 Å². The fourth-order valence-corrected chi connectivity index (χ4v) is 0.983. The van der Waals surface area contributed by atoms with Crippen LogP contribution in [0.4, 0.5) is 13.2 Å². The molecule has 0 spiro atoms. The molecule has 0 radical (unpaired) electrons. The zero-order valence-electron chi connectivity index (χ0n) is 7.45. The van der Waals surface area contributed by atoms with Crippen LogP contribution in [-0.2, 0) is 6.18 Å². The first-order valence-electron chi connectivity index (χ1n) is 3.77. The lowest BCUT2D eigenvalue weighted by atomic mass is 10.1. The molecule has 6 heteroatoms. The molecule has 1 unspecified atom stereocenters. The molecule has 15 heavy (non-hydrogen) atoms. The van der Waals surface area contributed by atoms with Gasteiger partial charge < -0.3 is 5.73 Å². The number of nitrogens with two attached hydrogens (primary N) is 1. The van der Waals surface area contributed by atoms with E-state index < -0.39 is 17.8 Å². The van der Waals surface area contributed by atoms with Gasteiger partial charge in [0, 0.05) is 0 Å². The Morgan fingerprint density at radius 2 is 1.93 bits per heavy atom. The molecule has 0 aromatic heterocycles. The molecule has 0 saturated heterocycles. The third kappa shape index (κ3) is 3.42. The minimum absolute atomic E-state index is 0. The summed E-state index contributed by atoms with van der Waals surface area (Å²) in [5.41, 5.74) is 4.66. The van der Waals surface area contributed by atoms with Crippen LogP contribution < -0.4 is 5.73 Å². The number of nitrogens with zero attached hydrogens (tertiary/aromatic N) is 1. The summed E-state index contributed by atoms with van der Waals surface area (Å²) < 4.78 is 36.6. The number of benzene rings is 1. The number of halogens is 4. The van der Waals surface area contributed by atoms with Gasteiger partial charge in [0.25, 0.3) is 0 Å². The van der Waals surface area contributed by atoms with E-state index in [4.69, 9.17) is 11.0 Å². The predicted octanol–water partition coefficient (Wildman–Crippen LogP) is 2.65. The fraction of sp³-hybridized carbons (Fsp3) is 0.222. The highest BCUT2D eigenvalue weighted by Crippen LogP contribution is 2.30. The van der Waals surface area contributed by atoms with Gasteiger partial charge in [0.05, 0.1) is 11.6 Å². The van der Waals surface area contributed by atoms with Crippen LogP contribution in [0.1, 0.15) is 17.2 Å². The molecule has 0 bridgehead atoms. The van der Waals surface area contributed by atoms with Crippen molar-refractivity contribution in [1.29, 1.82) is 5.26 Å². The number of hydrogen-bond acceptors (Lipinski definition) is 2. The van der Waals surface area contributed by atoms with E-state index in [1.54, 1.807) is 6.07 Å². The zero-order chi connectivity index (χ0) is 10.8. The Kier molecular flexibility index (Phi) is 4.59. The van der Waals surface area contributed by atoms with E-state index in [2.05, 4.69) is 0 Å².